The Labute approximate surface area is 315 Å². The summed E-state index contributed by atoms with van der Waals surface area (Å²) >= 11 is 0. The summed E-state index contributed by atoms with van der Waals surface area (Å²) in [5, 5.41) is 10.8. The number of carbonyl (C=O) groups is 2. The molecule has 294 valence electrons. The van der Waals surface area contributed by atoms with Crippen molar-refractivity contribution in [1.82, 2.24) is 20.9 Å². The second-order valence-corrected chi connectivity index (χ2v) is 16.7. The number of primary amides is 1. The van der Waals surface area contributed by atoms with E-state index in [0.29, 0.717) is 23.3 Å². The molecule has 0 aromatic heterocycles. The van der Waals surface area contributed by atoms with Crippen LogP contribution in [-0.4, -0.2) is 47.4 Å². The zero-order valence-electron chi connectivity index (χ0n) is 34.9. The zero-order chi connectivity index (χ0) is 38.9. The third-order valence-corrected chi connectivity index (χ3v) is 10.7. The molecule has 2 amide bonds. The maximum Gasteiger partial charge on any atom is 0.246 e. The minimum atomic E-state index is -0.474. The largest absolute Gasteiger partial charge is 0.380 e. The topological polar surface area (TPSA) is 99.5 Å². The molecule has 5 N–H and O–H groups in total. The Hall–Kier alpha value is -2.70. The van der Waals surface area contributed by atoms with Gasteiger partial charge in [0.25, 0.3) is 0 Å². The van der Waals surface area contributed by atoms with Gasteiger partial charge in [0.05, 0.1) is 17.9 Å². The number of nitrogens with zero attached hydrogens (tertiary/aromatic N) is 1. The lowest BCUT2D eigenvalue weighted by atomic mass is 9.79. The third-order valence-electron chi connectivity index (χ3n) is 10.7. The standard InChI is InChI=1S/C36H59N5O2.2C3H8.C2H6/c1-22(2)17-18-31(36(6,7)8)39-25(5)40-32(27-15-10-9-11-16-27)35(43)41-21-28-20-29(28)33(41)24(4)38-30(23(3)34(37)42)19-26-13-12-14-26;2*1-3-2;1-2/h26-33,38-40H,1,3-5,9-21H2,2,6-8H3,(H2,37,42);2*3H2,1-2H3;1-2H3/t28-,29-,30?,31?,32?,33?;;;/m0.../s1. The molecule has 7 nitrogen and oxygen atoms in total. The number of amides is 2. The van der Waals surface area contributed by atoms with E-state index < -0.39 is 5.91 Å². The molecule has 0 aromatic rings. The van der Waals surface area contributed by atoms with E-state index in [4.69, 9.17) is 5.73 Å². The summed E-state index contributed by atoms with van der Waals surface area (Å²) in [5.74, 6) is 2.16. The van der Waals surface area contributed by atoms with Gasteiger partial charge in [-0.1, -0.05) is 139 Å². The van der Waals surface area contributed by atoms with Gasteiger partial charge in [-0.3, -0.25) is 9.59 Å². The van der Waals surface area contributed by atoms with Crippen LogP contribution in [0.25, 0.3) is 0 Å². The molecule has 4 rings (SSSR count). The van der Waals surface area contributed by atoms with Crippen LogP contribution in [-0.2, 0) is 9.59 Å². The molecular formula is C44H81N5O2. The Kier molecular flexibility index (Phi) is 21.0. The maximum absolute atomic E-state index is 14.5. The Balaban J connectivity index is 0.00000149. The fourth-order valence-electron chi connectivity index (χ4n) is 7.55. The smallest absolute Gasteiger partial charge is 0.246 e. The summed E-state index contributed by atoms with van der Waals surface area (Å²) < 4.78 is 0. The Bertz CT molecular complexity index is 1110. The number of hydrogen-bond acceptors (Lipinski definition) is 5. The van der Waals surface area contributed by atoms with Gasteiger partial charge < -0.3 is 26.6 Å². The molecule has 0 bridgehead atoms. The van der Waals surface area contributed by atoms with Crippen LogP contribution < -0.4 is 21.7 Å². The molecule has 7 heteroatoms. The van der Waals surface area contributed by atoms with E-state index in [1.807, 2.05) is 13.8 Å². The number of likely N-dealkylation sites (tertiary alicyclic amines) is 1. The first kappa shape index (κ1) is 46.3. The van der Waals surface area contributed by atoms with Gasteiger partial charge >= 0.3 is 0 Å². The molecule has 4 unspecified atom stereocenters. The van der Waals surface area contributed by atoms with Crippen LogP contribution in [0.4, 0.5) is 0 Å². The number of nitrogens with one attached hydrogen (secondary N) is 3. The van der Waals surface area contributed by atoms with E-state index in [0.717, 1.165) is 69.4 Å². The number of nitrogens with two attached hydrogens (primary N) is 1. The van der Waals surface area contributed by atoms with Crippen LogP contribution in [0, 0.1) is 29.1 Å². The van der Waals surface area contributed by atoms with Crippen molar-refractivity contribution in [3.63, 3.8) is 0 Å². The van der Waals surface area contributed by atoms with Crippen LogP contribution in [0.1, 0.15) is 159 Å². The van der Waals surface area contributed by atoms with Crippen molar-refractivity contribution in [2.45, 2.75) is 183 Å². The molecule has 4 aliphatic rings. The van der Waals surface area contributed by atoms with Gasteiger partial charge in [0.1, 0.15) is 6.04 Å². The van der Waals surface area contributed by atoms with Crippen molar-refractivity contribution in [1.29, 1.82) is 0 Å². The first-order valence-electron chi connectivity index (χ1n) is 20.7. The lowest BCUT2D eigenvalue weighted by Gasteiger charge is -2.40. The SMILES string of the molecule is C=C(C)CCC(NC(=C)NC(C(=O)N1C[C@@H]2C[C@@H]2C1C(=C)NC(CC1CCC1)C(=C)C(N)=O)C1CCCCC1)C(C)(C)C.CC.CCC.CCC. The van der Waals surface area contributed by atoms with Gasteiger partial charge in [0.15, 0.2) is 0 Å². The summed E-state index contributed by atoms with van der Waals surface area (Å²) in [6.45, 7) is 39.0. The first-order chi connectivity index (χ1) is 24.1. The fourth-order valence-corrected chi connectivity index (χ4v) is 7.55. The van der Waals surface area contributed by atoms with E-state index in [1.165, 1.54) is 44.1 Å². The van der Waals surface area contributed by atoms with E-state index in [-0.39, 0.29) is 41.4 Å². The first-order valence-corrected chi connectivity index (χ1v) is 20.7. The van der Waals surface area contributed by atoms with Crippen molar-refractivity contribution in [2.75, 3.05) is 6.54 Å². The number of carbonyl (C=O) groups excluding carboxylic acids is 2. The number of hydrogen-bond donors (Lipinski definition) is 4. The molecule has 6 atom stereocenters. The highest BCUT2D eigenvalue weighted by molar-refractivity contribution is 5.92. The monoisotopic (exact) mass is 712 g/mol. The number of allylic oxidation sites excluding steroid dienone is 1. The van der Waals surface area contributed by atoms with Crippen LogP contribution in [0.2, 0.25) is 0 Å². The average Bonchev–Trinajstić information content (AvgIpc) is 3.72. The van der Waals surface area contributed by atoms with Crippen LogP contribution in [0.3, 0.4) is 0 Å². The molecule has 0 spiro atoms. The summed E-state index contributed by atoms with van der Waals surface area (Å²) in [5.41, 5.74) is 8.10. The minimum absolute atomic E-state index is 0.0279. The van der Waals surface area contributed by atoms with Gasteiger partial charge in [0, 0.05) is 23.9 Å². The Morgan fingerprint density at radius 2 is 1.43 bits per heavy atom. The number of piperidine rings is 1. The van der Waals surface area contributed by atoms with E-state index >= 15 is 0 Å². The van der Waals surface area contributed by atoms with Crippen molar-refractivity contribution < 1.29 is 9.59 Å². The highest BCUT2D eigenvalue weighted by atomic mass is 16.2. The summed E-state index contributed by atoms with van der Waals surface area (Å²) in [6, 6.07) is -0.460. The highest BCUT2D eigenvalue weighted by Crippen LogP contribution is 2.51. The minimum Gasteiger partial charge on any atom is -0.380 e. The lowest BCUT2D eigenvalue weighted by Crippen LogP contribution is -2.56. The highest BCUT2D eigenvalue weighted by Gasteiger charge is 2.56. The second kappa shape index (κ2) is 23.1. The van der Waals surface area contributed by atoms with Gasteiger partial charge in [-0.05, 0) is 74.5 Å². The van der Waals surface area contributed by atoms with Crippen LogP contribution in [0.5, 0.6) is 0 Å². The third kappa shape index (κ3) is 15.1. The molecule has 0 aromatic carbocycles. The van der Waals surface area contributed by atoms with E-state index in [1.54, 1.807) is 0 Å². The van der Waals surface area contributed by atoms with Gasteiger partial charge in [0.2, 0.25) is 11.8 Å². The predicted octanol–water partition coefficient (Wildman–Crippen LogP) is 9.77. The molecule has 3 saturated carbocycles. The van der Waals surface area contributed by atoms with Crippen molar-refractivity contribution in [2.24, 2.45) is 34.8 Å². The molecular weight excluding hydrogens is 631 g/mol. The quantitative estimate of drug-likeness (QED) is 0.0944. The maximum atomic E-state index is 14.5. The van der Waals surface area contributed by atoms with Gasteiger partial charge in [-0.2, -0.15) is 0 Å². The predicted molar refractivity (Wildman–Crippen MR) is 220 cm³/mol. The normalized spacial score (nSPS) is 22.6. The summed E-state index contributed by atoms with van der Waals surface area (Å²) in [4.78, 5) is 28.7. The summed E-state index contributed by atoms with van der Waals surface area (Å²) in [6.07, 6.45) is 15.6. The van der Waals surface area contributed by atoms with Crippen LogP contribution >= 0.6 is 0 Å². The Morgan fingerprint density at radius 1 is 0.863 bits per heavy atom. The molecule has 4 fully saturated rings. The number of fused-ring (bicyclic) bond motifs is 1. The van der Waals surface area contributed by atoms with Gasteiger partial charge in [-0.15, -0.1) is 6.58 Å². The Morgan fingerprint density at radius 3 is 1.90 bits per heavy atom. The molecule has 51 heavy (non-hydrogen) atoms. The molecule has 1 saturated heterocycles. The van der Waals surface area contributed by atoms with Crippen LogP contribution in [0.15, 0.2) is 49.0 Å². The van der Waals surface area contributed by atoms with E-state index in [9.17, 15) is 9.59 Å². The lowest BCUT2D eigenvalue weighted by molar-refractivity contribution is -0.136. The van der Waals surface area contributed by atoms with Crippen molar-refractivity contribution in [3.8, 4) is 0 Å². The fraction of sp³-hybridized carbons (Fsp3) is 0.773. The number of rotatable bonds is 16. The average molecular weight is 712 g/mol. The molecule has 0 radical (unpaired) electrons. The van der Waals surface area contributed by atoms with E-state index in [2.05, 4.69) is 103 Å². The molecule has 1 heterocycles. The molecule has 3 aliphatic carbocycles. The van der Waals surface area contributed by atoms with Gasteiger partial charge in [-0.25, -0.2) is 0 Å². The molecule has 1 aliphatic heterocycles. The van der Waals surface area contributed by atoms with Crippen molar-refractivity contribution in [3.05, 3.63) is 49.0 Å². The summed E-state index contributed by atoms with van der Waals surface area (Å²) in [7, 11) is 0. The second-order valence-electron chi connectivity index (χ2n) is 16.7. The van der Waals surface area contributed by atoms with Crippen molar-refractivity contribution >= 4 is 11.8 Å². The zero-order valence-corrected chi connectivity index (χ0v) is 34.9.